The second kappa shape index (κ2) is 8.52. The highest BCUT2D eigenvalue weighted by Crippen LogP contribution is 2.34. The smallest absolute Gasteiger partial charge is 0.244 e. The number of nitrogens with one attached hydrogen (secondary N) is 1. The highest BCUT2D eigenvalue weighted by atomic mass is 35.5. The number of hydrogen-bond acceptors (Lipinski definition) is 3. The Kier molecular flexibility index (Phi) is 5.65. The molecule has 1 heterocycles. The van der Waals surface area contributed by atoms with Crippen molar-refractivity contribution in [3.63, 3.8) is 0 Å². The van der Waals surface area contributed by atoms with Crippen molar-refractivity contribution in [2.45, 2.75) is 6.42 Å². The van der Waals surface area contributed by atoms with Crippen molar-refractivity contribution in [2.24, 2.45) is 5.10 Å². The number of fused-ring (bicyclic) bond motifs is 1. The van der Waals surface area contributed by atoms with Crippen LogP contribution in [0, 0.1) is 0 Å². The molecule has 0 unspecified atom stereocenters. The van der Waals surface area contributed by atoms with Gasteiger partial charge in [-0.15, -0.1) is 0 Å². The molecular weight excluding hydrogens is 407 g/mol. The van der Waals surface area contributed by atoms with Crippen LogP contribution in [0.2, 0.25) is 10.0 Å². The molecule has 0 aliphatic heterocycles. The van der Waals surface area contributed by atoms with E-state index in [1.54, 1.807) is 24.3 Å². The van der Waals surface area contributed by atoms with Crippen LogP contribution in [0.5, 0.6) is 0 Å². The molecule has 0 aliphatic rings. The van der Waals surface area contributed by atoms with Crippen LogP contribution in [0.4, 0.5) is 0 Å². The summed E-state index contributed by atoms with van der Waals surface area (Å²) in [5.41, 5.74) is 4.18. The fourth-order valence-electron chi connectivity index (χ4n) is 3.09. The number of benzene rings is 3. The summed E-state index contributed by atoms with van der Waals surface area (Å²) in [5.74, 6) is 0.852. The topological polar surface area (TPSA) is 54.6 Å². The van der Waals surface area contributed by atoms with E-state index in [4.69, 9.17) is 27.6 Å². The quantitative estimate of drug-likeness (QED) is 0.312. The van der Waals surface area contributed by atoms with Crippen LogP contribution in [0.3, 0.4) is 0 Å². The van der Waals surface area contributed by atoms with E-state index in [1.807, 2.05) is 48.5 Å². The minimum atomic E-state index is -0.206. The van der Waals surface area contributed by atoms with Crippen molar-refractivity contribution in [3.05, 3.63) is 94.2 Å². The predicted molar refractivity (Wildman–Crippen MR) is 118 cm³/mol. The Hall–Kier alpha value is -3.08. The lowest BCUT2D eigenvalue weighted by atomic mass is 10.0. The Labute approximate surface area is 177 Å². The van der Waals surface area contributed by atoms with Crippen LogP contribution in [-0.2, 0) is 11.2 Å². The normalized spacial score (nSPS) is 11.2. The molecule has 0 saturated heterocycles. The van der Waals surface area contributed by atoms with Gasteiger partial charge in [0.05, 0.1) is 22.7 Å². The number of hydrazone groups is 1. The monoisotopic (exact) mass is 422 g/mol. The van der Waals surface area contributed by atoms with Crippen molar-refractivity contribution >= 4 is 46.1 Å². The zero-order valence-electron chi connectivity index (χ0n) is 15.2. The first-order valence-electron chi connectivity index (χ1n) is 8.94. The number of halogens is 2. The molecular formula is C23H16Cl2N2O2. The molecule has 0 atom stereocenters. The molecule has 4 rings (SSSR count). The van der Waals surface area contributed by atoms with E-state index in [-0.39, 0.29) is 12.3 Å². The maximum Gasteiger partial charge on any atom is 0.244 e. The number of amides is 1. The molecule has 3 aromatic carbocycles. The second-order valence-corrected chi connectivity index (χ2v) is 7.20. The molecule has 0 fully saturated rings. The molecule has 1 aromatic heterocycles. The maximum absolute atomic E-state index is 12.3. The summed E-state index contributed by atoms with van der Waals surface area (Å²) in [5, 5.41) is 7.03. The van der Waals surface area contributed by atoms with Gasteiger partial charge in [-0.1, -0.05) is 71.7 Å². The zero-order chi connectivity index (χ0) is 20.2. The fraction of sp³-hybridized carbons (Fsp3) is 0.0435. The molecule has 4 aromatic rings. The van der Waals surface area contributed by atoms with E-state index in [1.165, 1.54) is 6.21 Å². The Morgan fingerprint density at radius 3 is 2.66 bits per heavy atom. The van der Waals surface area contributed by atoms with E-state index in [2.05, 4.69) is 10.5 Å². The third-order valence-electron chi connectivity index (χ3n) is 4.46. The van der Waals surface area contributed by atoms with Crippen LogP contribution in [0.25, 0.3) is 22.1 Å². The van der Waals surface area contributed by atoms with E-state index < -0.39 is 0 Å². The van der Waals surface area contributed by atoms with E-state index in [0.717, 1.165) is 16.3 Å². The molecule has 1 N–H and O–H groups in total. The molecule has 0 radical (unpaired) electrons. The second-order valence-electron chi connectivity index (χ2n) is 6.41. The Morgan fingerprint density at radius 2 is 1.76 bits per heavy atom. The number of furan rings is 1. The van der Waals surface area contributed by atoms with Gasteiger partial charge in [-0.05, 0) is 40.6 Å². The molecule has 0 saturated carbocycles. The third kappa shape index (κ3) is 4.34. The van der Waals surface area contributed by atoms with Crippen molar-refractivity contribution in [2.75, 3.05) is 0 Å². The number of hydrogen-bond donors (Lipinski definition) is 1. The van der Waals surface area contributed by atoms with Gasteiger partial charge >= 0.3 is 0 Å². The van der Waals surface area contributed by atoms with Crippen molar-refractivity contribution < 1.29 is 9.21 Å². The molecule has 0 bridgehead atoms. The summed E-state index contributed by atoms with van der Waals surface area (Å²) in [6.45, 7) is 0. The van der Waals surface area contributed by atoms with Gasteiger partial charge in [-0.2, -0.15) is 5.10 Å². The van der Waals surface area contributed by atoms with Gasteiger partial charge in [-0.3, -0.25) is 4.79 Å². The fourth-order valence-corrected chi connectivity index (χ4v) is 3.48. The predicted octanol–water partition coefficient (Wildman–Crippen LogP) is 6.10. The Balaban J connectivity index is 1.42. The summed E-state index contributed by atoms with van der Waals surface area (Å²) < 4.78 is 5.72. The minimum absolute atomic E-state index is 0.206. The SMILES string of the molecule is O=C(Cc1cccc2ccccc12)N/N=C\c1ccc(-c2cccc(Cl)c2Cl)o1. The lowest BCUT2D eigenvalue weighted by Gasteiger charge is -2.05. The molecule has 0 spiro atoms. The van der Waals surface area contributed by atoms with Gasteiger partial charge in [0.2, 0.25) is 5.91 Å². The van der Waals surface area contributed by atoms with Crippen LogP contribution in [0.1, 0.15) is 11.3 Å². The van der Waals surface area contributed by atoms with Gasteiger partial charge in [0.15, 0.2) is 0 Å². The molecule has 6 heteroatoms. The first-order valence-corrected chi connectivity index (χ1v) is 9.70. The lowest BCUT2D eigenvalue weighted by molar-refractivity contribution is -0.120. The molecule has 1 amide bonds. The van der Waals surface area contributed by atoms with E-state index in [9.17, 15) is 4.79 Å². The maximum atomic E-state index is 12.3. The van der Waals surface area contributed by atoms with Crippen molar-refractivity contribution in [3.8, 4) is 11.3 Å². The van der Waals surface area contributed by atoms with Gasteiger partial charge in [-0.25, -0.2) is 5.43 Å². The summed E-state index contributed by atoms with van der Waals surface area (Å²) in [6.07, 6.45) is 1.68. The summed E-state index contributed by atoms with van der Waals surface area (Å²) >= 11 is 12.3. The minimum Gasteiger partial charge on any atom is -0.455 e. The third-order valence-corrected chi connectivity index (χ3v) is 5.27. The van der Waals surface area contributed by atoms with Crippen LogP contribution >= 0.6 is 23.2 Å². The average Bonchev–Trinajstić information content (AvgIpc) is 3.19. The Bertz CT molecular complexity index is 1210. The largest absolute Gasteiger partial charge is 0.455 e. The summed E-state index contributed by atoms with van der Waals surface area (Å²) in [6, 6.07) is 22.7. The highest BCUT2D eigenvalue weighted by molar-refractivity contribution is 6.43. The molecule has 0 aliphatic carbocycles. The van der Waals surface area contributed by atoms with Crippen LogP contribution in [0.15, 0.2) is 82.3 Å². The molecule has 4 nitrogen and oxygen atoms in total. The van der Waals surface area contributed by atoms with Gasteiger partial charge in [0.1, 0.15) is 11.5 Å². The van der Waals surface area contributed by atoms with Gasteiger partial charge in [0, 0.05) is 5.56 Å². The lowest BCUT2D eigenvalue weighted by Crippen LogP contribution is -2.19. The Morgan fingerprint density at radius 1 is 0.966 bits per heavy atom. The van der Waals surface area contributed by atoms with Crippen LogP contribution < -0.4 is 5.43 Å². The molecule has 29 heavy (non-hydrogen) atoms. The first-order chi connectivity index (χ1) is 14.1. The van der Waals surface area contributed by atoms with Crippen LogP contribution in [-0.4, -0.2) is 12.1 Å². The summed E-state index contributed by atoms with van der Waals surface area (Å²) in [4.78, 5) is 12.3. The number of rotatable bonds is 5. The molecule has 144 valence electrons. The number of carbonyl (C=O) groups excluding carboxylic acids is 1. The van der Waals surface area contributed by atoms with Gasteiger partial charge < -0.3 is 4.42 Å². The van der Waals surface area contributed by atoms with Gasteiger partial charge in [0.25, 0.3) is 0 Å². The zero-order valence-corrected chi connectivity index (χ0v) is 16.7. The van der Waals surface area contributed by atoms with E-state index >= 15 is 0 Å². The number of nitrogens with zero attached hydrogens (tertiary/aromatic N) is 1. The summed E-state index contributed by atoms with van der Waals surface area (Å²) in [7, 11) is 0. The standard InChI is InChI=1S/C23H16Cl2N2O2/c24-20-10-4-9-19(23(20)25)21-12-11-17(29-21)14-26-27-22(28)13-16-7-3-6-15-5-1-2-8-18(15)16/h1-12,14H,13H2,(H,27,28)/b26-14-. The average molecular weight is 423 g/mol. The van der Waals surface area contributed by atoms with E-state index in [0.29, 0.717) is 27.1 Å². The van der Waals surface area contributed by atoms with Crippen molar-refractivity contribution in [1.29, 1.82) is 0 Å². The van der Waals surface area contributed by atoms with Crippen molar-refractivity contribution in [1.82, 2.24) is 5.43 Å². The number of carbonyl (C=O) groups is 1. The first kappa shape index (κ1) is 19.2. The highest BCUT2D eigenvalue weighted by Gasteiger charge is 2.10.